The number of likely N-dealkylation sites (N-methyl/N-ethyl adjacent to an activating group) is 1. The summed E-state index contributed by atoms with van der Waals surface area (Å²) in [7, 11) is 1.84. The van der Waals surface area contributed by atoms with E-state index < -0.39 is 6.10 Å². The van der Waals surface area contributed by atoms with Gasteiger partial charge in [-0.25, -0.2) is 0 Å². The number of ether oxygens (including phenoxy) is 1. The first kappa shape index (κ1) is 18.2. The van der Waals surface area contributed by atoms with Crippen molar-refractivity contribution in [3.05, 3.63) is 47.2 Å². The van der Waals surface area contributed by atoms with Gasteiger partial charge in [0.2, 0.25) is 0 Å². The van der Waals surface area contributed by atoms with E-state index >= 15 is 0 Å². The molecule has 138 valence electrons. The van der Waals surface area contributed by atoms with Gasteiger partial charge in [0, 0.05) is 20.1 Å². The highest BCUT2D eigenvalue weighted by molar-refractivity contribution is 5.81. The van der Waals surface area contributed by atoms with Crippen LogP contribution in [-0.4, -0.2) is 53.3 Å². The van der Waals surface area contributed by atoms with Crippen LogP contribution in [0, 0.1) is 20.8 Å². The fraction of sp³-hybridized carbons (Fsp3) is 0.450. The van der Waals surface area contributed by atoms with Gasteiger partial charge < -0.3 is 14.5 Å². The number of benzene rings is 1. The molecule has 1 fully saturated rings. The molecule has 1 aromatic heterocycles. The molecule has 26 heavy (non-hydrogen) atoms. The van der Waals surface area contributed by atoms with Crippen LogP contribution in [0.3, 0.4) is 0 Å². The monoisotopic (exact) mass is 354 g/mol. The second-order valence-electron chi connectivity index (χ2n) is 7.07. The lowest BCUT2D eigenvalue weighted by Gasteiger charge is -2.44. The summed E-state index contributed by atoms with van der Waals surface area (Å²) in [5.41, 5.74) is 3.05. The number of rotatable bonds is 5. The maximum Gasteiger partial charge on any atom is 0.263 e. The highest BCUT2D eigenvalue weighted by atomic mass is 16.5. The molecule has 6 nitrogen and oxygen atoms in total. The Morgan fingerprint density at radius 1 is 1.19 bits per heavy atom. The lowest BCUT2D eigenvalue weighted by atomic mass is 10.1. The Labute approximate surface area is 154 Å². The van der Waals surface area contributed by atoms with Gasteiger partial charge in [-0.05, 0) is 57.0 Å². The minimum Gasteiger partial charge on any atom is -0.481 e. The van der Waals surface area contributed by atoms with Gasteiger partial charge in [-0.3, -0.25) is 4.79 Å². The number of aryl methyl sites for hydroxylation is 3. The third-order valence-corrected chi connectivity index (χ3v) is 4.86. The molecule has 0 saturated carbocycles. The summed E-state index contributed by atoms with van der Waals surface area (Å²) in [6.07, 6.45) is -0.520. The Kier molecular flexibility index (Phi) is 5.11. The van der Waals surface area contributed by atoms with Crippen LogP contribution < -0.4 is 9.64 Å². The normalized spacial score (nSPS) is 15.3. The van der Waals surface area contributed by atoms with Crippen molar-refractivity contribution in [1.29, 1.82) is 0 Å². The molecule has 1 aliphatic rings. The van der Waals surface area contributed by atoms with Crippen LogP contribution >= 0.6 is 0 Å². The van der Waals surface area contributed by atoms with Gasteiger partial charge in [0.15, 0.2) is 11.9 Å². The van der Waals surface area contributed by atoms with E-state index in [1.54, 1.807) is 4.90 Å². The molecule has 0 aliphatic carbocycles. The summed E-state index contributed by atoms with van der Waals surface area (Å²) in [5, 5.41) is 8.28. The number of amides is 1. The summed E-state index contributed by atoms with van der Waals surface area (Å²) >= 11 is 0. The molecule has 2 heterocycles. The Morgan fingerprint density at radius 2 is 1.92 bits per heavy atom. The van der Waals surface area contributed by atoms with Crippen molar-refractivity contribution in [1.82, 2.24) is 15.1 Å². The lowest BCUT2D eigenvalue weighted by molar-refractivity contribution is -0.139. The topological polar surface area (TPSA) is 58.6 Å². The molecule has 0 radical (unpaired) electrons. The minimum absolute atomic E-state index is 0.00875. The fourth-order valence-corrected chi connectivity index (χ4v) is 2.99. The zero-order valence-electron chi connectivity index (χ0n) is 16.1. The first-order valence-electron chi connectivity index (χ1n) is 8.91. The van der Waals surface area contributed by atoms with E-state index in [1.165, 1.54) is 0 Å². The predicted molar refractivity (Wildman–Crippen MR) is 102 cm³/mol. The standard InChI is InChI=1S/C20H26N4O2/c1-13-6-7-14(2)18(10-13)26-16(4)20(25)23(5)17-11-24(12-17)19-9-8-15(3)21-22-19/h6-10,16-17H,11-12H2,1-5H3. The summed E-state index contributed by atoms with van der Waals surface area (Å²) in [5.74, 6) is 1.61. The van der Waals surface area contributed by atoms with Gasteiger partial charge in [-0.15, -0.1) is 5.10 Å². The molecule has 3 rings (SSSR count). The van der Waals surface area contributed by atoms with Crippen molar-refractivity contribution < 1.29 is 9.53 Å². The molecular formula is C20H26N4O2. The number of aromatic nitrogens is 2. The average Bonchev–Trinajstić information content (AvgIpc) is 2.57. The number of hydrogen-bond donors (Lipinski definition) is 0. The van der Waals surface area contributed by atoms with Gasteiger partial charge in [0.25, 0.3) is 5.91 Å². The molecule has 1 saturated heterocycles. The van der Waals surface area contributed by atoms with E-state index in [9.17, 15) is 4.79 Å². The van der Waals surface area contributed by atoms with Crippen LogP contribution in [0.25, 0.3) is 0 Å². The van der Waals surface area contributed by atoms with E-state index in [2.05, 4.69) is 15.1 Å². The Bertz CT molecular complexity index is 785. The van der Waals surface area contributed by atoms with Gasteiger partial charge in [-0.1, -0.05) is 12.1 Å². The quantitative estimate of drug-likeness (QED) is 0.826. The summed E-state index contributed by atoms with van der Waals surface area (Å²) in [6.45, 7) is 9.25. The molecular weight excluding hydrogens is 328 g/mol. The second-order valence-corrected chi connectivity index (χ2v) is 7.07. The van der Waals surface area contributed by atoms with Gasteiger partial charge in [-0.2, -0.15) is 5.10 Å². The molecule has 1 amide bonds. The van der Waals surface area contributed by atoms with Crippen molar-refractivity contribution in [2.45, 2.75) is 39.8 Å². The van der Waals surface area contributed by atoms with Crippen LogP contribution in [0.1, 0.15) is 23.7 Å². The number of carbonyl (C=O) groups excluding carboxylic acids is 1. The Hall–Kier alpha value is -2.63. The van der Waals surface area contributed by atoms with Crippen LogP contribution in [0.4, 0.5) is 5.82 Å². The van der Waals surface area contributed by atoms with Crippen LogP contribution in [-0.2, 0) is 4.79 Å². The highest BCUT2D eigenvalue weighted by Gasteiger charge is 2.35. The summed E-state index contributed by atoms with van der Waals surface area (Å²) in [6, 6.07) is 10.1. The molecule has 1 aromatic carbocycles. The van der Waals surface area contributed by atoms with Gasteiger partial charge >= 0.3 is 0 Å². The maximum atomic E-state index is 12.7. The smallest absolute Gasteiger partial charge is 0.263 e. The summed E-state index contributed by atoms with van der Waals surface area (Å²) < 4.78 is 5.93. The van der Waals surface area contributed by atoms with Crippen molar-refractivity contribution in [3.8, 4) is 5.75 Å². The fourth-order valence-electron chi connectivity index (χ4n) is 2.99. The molecule has 0 N–H and O–H groups in total. The largest absolute Gasteiger partial charge is 0.481 e. The molecule has 0 bridgehead atoms. The molecule has 0 spiro atoms. The van der Waals surface area contributed by atoms with Crippen molar-refractivity contribution in [2.24, 2.45) is 0 Å². The number of anilines is 1. The first-order valence-corrected chi connectivity index (χ1v) is 8.91. The lowest BCUT2D eigenvalue weighted by Crippen LogP contribution is -2.61. The average molecular weight is 354 g/mol. The van der Waals surface area contributed by atoms with E-state index in [0.29, 0.717) is 0 Å². The molecule has 2 aromatic rings. The Balaban J connectivity index is 1.56. The number of hydrogen-bond acceptors (Lipinski definition) is 5. The van der Waals surface area contributed by atoms with E-state index in [0.717, 1.165) is 41.5 Å². The predicted octanol–water partition coefficient (Wildman–Crippen LogP) is 2.52. The SMILES string of the molecule is Cc1ccc(C)c(OC(C)C(=O)N(C)C2CN(c3ccc(C)nn3)C2)c1. The van der Waals surface area contributed by atoms with Crippen LogP contribution in [0.15, 0.2) is 30.3 Å². The third kappa shape index (κ3) is 3.79. The van der Waals surface area contributed by atoms with Crippen molar-refractivity contribution in [3.63, 3.8) is 0 Å². The maximum absolute atomic E-state index is 12.7. The van der Waals surface area contributed by atoms with Crippen molar-refractivity contribution >= 4 is 11.7 Å². The summed E-state index contributed by atoms with van der Waals surface area (Å²) in [4.78, 5) is 16.6. The van der Waals surface area contributed by atoms with Gasteiger partial charge in [0.05, 0.1) is 11.7 Å². The van der Waals surface area contributed by atoms with Crippen LogP contribution in [0.5, 0.6) is 5.75 Å². The molecule has 1 unspecified atom stereocenters. The molecule has 1 aliphatic heterocycles. The third-order valence-electron chi connectivity index (χ3n) is 4.86. The van der Waals surface area contributed by atoms with E-state index in [4.69, 9.17) is 4.74 Å². The highest BCUT2D eigenvalue weighted by Crippen LogP contribution is 2.23. The first-order chi connectivity index (χ1) is 12.3. The van der Waals surface area contributed by atoms with Gasteiger partial charge in [0.1, 0.15) is 5.75 Å². The minimum atomic E-state index is -0.520. The molecule has 1 atom stereocenters. The second kappa shape index (κ2) is 7.32. The van der Waals surface area contributed by atoms with E-state index in [-0.39, 0.29) is 11.9 Å². The zero-order valence-corrected chi connectivity index (χ0v) is 16.1. The van der Waals surface area contributed by atoms with Crippen molar-refractivity contribution in [2.75, 3.05) is 25.0 Å². The zero-order chi connectivity index (χ0) is 18.8. The number of carbonyl (C=O) groups is 1. The van der Waals surface area contributed by atoms with E-state index in [1.807, 2.05) is 65.1 Å². The van der Waals surface area contributed by atoms with Crippen LogP contribution in [0.2, 0.25) is 0 Å². The molecule has 6 heteroatoms. The number of nitrogens with zero attached hydrogens (tertiary/aromatic N) is 4. The Morgan fingerprint density at radius 3 is 2.58 bits per heavy atom.